The molecule has 0 aliphatic rings. The minimum Gasteiger partial charge on any atom is -0.330 e. The highest BCUT2D eigenvalue weighted by Crippen LogP contribution is 2.14. The number of aryl methyl sites for hydroxylation is 1. The van der Waals surface area contributed by atoms with Crippen LogP contribution in [0.25, 0.3) is 0 Å². The lowest BCUT2D eigenvalue weighted by molar-refractivity contribution is 0.0729. The van der Waals surface area contributed by atoms with Gasteiger partial charge in [0.2, 0.25) is 0 Å². The molecule has 4 nitrogen and oxygen atoms in total. The third-order valence-electron chi connectivity index (χ3n) is 4.10. The van der Waals surface area contributed by atoms with Crippen LogP contribution in [0.4, 0.5) is 0 Å². The van der Waals surface area contributed by atoms with Gasteiger partial charge in [0, 0.05) is 37.9 Å². The maximum absolute atomic E-state index is 12.9. The highest BCUT2D eigenvalue weighted by molar-refractivity contribution is 5.93. The van der Waals surface area contributed by atoms with E-state index >= 15 is 0 Å². The molecule has 126 valence electrons. The molecular weight excluding hydrogens is 310 g/mol. The van der Waals surface area contributed by atoms with Gasteiger partial charge in [0.05, 0.1) is 5.56 Å². The number of hydrogen-bond donors (Lipinski definition) is 0. The number of carbonyl (C=O) groups excluding carboxylic acids is 1. The lowest BCUT2D eigenvalue weighted by Crippen LogP contribution is -2.30. The molecule has 0 spiro atoms. The van der Waals surface area contributed by atoms with Crippen molar-refractivity contribution in [2.45, 2.75) is 26.4 Å². The summed E-state index contributed by atoms with van der Waals surface area (Å²) < 4.78 is 0. The van der Waals surface area contributed by atoms with E-state index in [1.807, 2.05) is 17.0 Å². The van der Waals surface area contributed by atoms with Crippen LogP contribution in [-0.4, -0.2) is 20.8 Å². The molecule has 0 radical (unpaired) electrons. The Bertz CT molecular complexity index is 802. The van der Waals surface area contributed by atoms with E-state index in [2.05, 4.69) is 41.2 Å². The number of rotatable bonds is 6. The van der Waals surface area contributed by atoms with Crippen LogP contribution in [0.5, 0.6) is 0 Å². The Morgan fingerprint density at radius 2 is 1.48 bits per heavy atom. The number of nitrogens with zero attached hydrogens (tertiary/aromatic N) is 3. The van der Waals surface area contributed by atoms with E-state index in [0.29, 0.717) is 18.7 Å². The molecule has 0 saturated heterocycles. The van der Waals surface area contributed by atoms with Crippen molar-refractivity contribution in [2.24, 2.45) is 0 Å². The van der Waals surface area contributed by atoms with Gasteiger partial charge in [-0.25, -0.2) is 0 Å². The zero-order chi connectivity index (χ0) is 17.5. The Hall–Kier alpha value is -3.01. The second-order valence-corrected chi connectivity index (χ2v) is 5.93. The van der Waals surface area contributed by atoms with E-state index in [-0.39, 0.29) is 5.91 Å². The van der Waals surface area contributed by atoms with Crippen LogP contribution in [0.15, 0.2) is 73.3 Å². The van der Waals surface area contributed by atoms with Gasteiger partial charge in [-0.15, -0.1) is 0 Å². The summed E-state index contributed by atoms with van der Waals surface area (Å²) in [5, 5.41) is 0. The first kappa shape index (κ1) is 16.8. The number of amides is 1. The third kappa shape index (κ3) is 4.51. The molecule has 2 heterocycles. The van der Waals surface area contributed by atoms with Gasteiger partial charge in [0.15, 0.2) is 0 Å². The fourth-order valence-electron chi connectivity index (χ4n) is 2.68. The van der Waals surface area contributed by atoms with Crippen molar-refractivity contribution >= 4 is 5.91 Å². The number of carbonyl (C=O) groups is 1. The maximum atomic E-state index is 12.9. The summed E-state index contributed by atoms with van der Waals surface area (Å²) in [5.41, 5.74) is 4.00. The highest BCUT2D eigenvalue weighted by atomic mass is 16.2. The van der Waals surface area contributed by atoms with Crippen molar-refractivity contribution in [3.05, 3.63) is 95.6 Å². The zero-order valence-electron chi connectivity index (χ0n) is 14.3. The number of benzene rings is 1. The minimum atomic E-state index is -0.0310. The Labute approximate surface area is 148 Å². The van der Waals surface area contributed by atoms with Gasteiger partial charge in [0.1, 0.15) is 0 Å². The first-order chi connectivity index (χ1) is 12.3. The molecule has 0 unspecified atom stereocenters. The predicted molar refractivity (Wildman–Crippen MR) is 97.9 cm³/mol. The molecule has 0 atom stereocenters. The zero-order valence-corrected chi connectivity index (χ0v) is 14.3. The Morgan fingerprint density at radius 1 is 0.840 bits per heavy atom. The lowest BCUT2D eigenvalue weighted by Gasteiger charge is -2.23. The third-order valence-corrected chi connectivity index (χ3v) is 4.10. The van der Waals surface area contributed by atoms with Gasteiger partial charge >= 0.3 is 0 Å². The first-order valence-electron chi connectivity index (χ1n) is 8.42. The van der Waals surface area contributed by atoms with Crippen LogP contribution < -0.4 is 0 Å². The smallest absolute Gasteiger partial charge is 0.256 e. The molecule has 1 amide bonds. The van der Waals surface area contributed by atoms with Crippen LogP contribution in [0.1, 0.15) is 34.0 Å². The topological polar surface area (TPSA) is 46.1 Å². The van der Waals surface area contributed by atoms with Crippen molar-refractivity contribution in [1.82, 2.24) is 14.9 Å². The van der Waals surface area contributed by atoms with Gasteiger partial charge < -0.3 is 4.90 Å². The van der Waals surface area contributed by atoms with E-state index < -0.39 is 0 Å². The number of hydrogen-bond acceptors (Lipinski definition) is 3. The molecule has 2 aromatic heterocycles. The van der Waals surface area contributed by atoms with Crippen molar-refractivity contribution in [3.8, 4) is 0 Å². The van der Waals surface area contributed by atoms with Gasteiger partial charge in [0.25, 0.3) is 5.91 Å². The average molecular weight is 331 g/mol. The summed E-state index contributed by atoms with van der Waals surface area (Å²) in [6, 6.07) is 15.9. The maximum Gasteiger partial charge on any atom is 0.256 e. The molecule has 4 heteroatoms. The molecule has 0 aliphatic heterocycles. The van der Waals surface area contributed by atoms with E-state index in [9.17, 15) is 4.79 Å². The SMILES string of the molecule is CCc1ccc(CN(Cc2cccnc2)C(=O)c2cccnc2)cc1. The van der Waals surface area contributed by atoms with E-state index in [0.717, 1.165) is 17.5 Å². The fourth-order valence-corrected chi connectivity index (χ4v) is 2.68. The van der Waals surface area contributed by atoms with Crippen LogP contribution in [0.2, 0.25) is 0 Å². The number of pyridine rings is 2. The van der Waals surface area contributed by atoms with Crippen molar-refractivity contribution in [2.75, 3.05) is 0 Å². The molecular formula is C21H21N3O. The van der Waals surface area contributed by atoms with Crippen LogP contribution in [-0.2, 0) is 19.5 Å². The Morgan fingerprint density at radius 3 is 2.08 bits per heavy atom. The largest absolute Gasteiger partial charge is 0.330 e. The first-order valence-corrected chi connectivity index (χ1v) is 8.42. The molecule has 1 aromatic carbocycles. The molecule has 0 bridgehead atoms. The van der Waals surface area contributed by atoms with E-state index in [4.69, 9.17) is 0 Å². The highest BCUT2D eigenvalue weighted by Gasteiger charge is 2.17. The predicted octanol–water partition coefficient (Wildman–Crippen LogP) is 3.88. The molecule has 3 aromatic rings. The second kappa shape index (κ2) is 8.20. The summed E-state index contributed by atoms with van der Waals surface area (Å²) in [4.78, 5) is 23.0. The van der Waals surface area contributed by atoms with Crippen molar-refractivity contribution in [3.63, 3.8) is 0 Å². The Balaban J connectivity index is 1.84. The molecule has 0 N–H and O–H groups in total. The van der Waals surface area contributed by atoms with Crippen LogP contribution in [0, 0.1) is 0 Å². The molecule has 25 heavy (non-hydrogen) atoms. The molecule has 0 saturated carbocycles. The molecule has 0 fully saturated rings. The van der Waals surface area contributed by atoms with Crippen molar-refractivity contribution in [1.29, 1.82) is 0 Å². The van der Waals surface area contributed by atoms with E-state index in [1.54, 1.807) is 36.9 Å². The summed E-state index contributed by atoms with van der Waals surface area (Å²) in [6.45, 7) is 3.19. The summed E-state index contributed by atoms with van der Waals surface area (Å²) in [5.74, 6) is -0.0310. The van der Waals surface area contributed by atoms with Crippen LogP contribution >= 0.6 is 0 Å². The monoisotopic (exact) mass is 331 g/mol. The molecule has 3 rings (SSSR count). The van der Waals surface area contributed by atoms with Gasteiger partial charge in [-0.3, -0.25) is 14.8 Å². The summed E-state index contributed by atoms with van der Waals surface area (Å²) in [6.07, 6.45) is 7.82. The second-order valence-electron chi connectivity index (χ2n) is 5.93. The molecule has 0 aliphatic carbocycles. The van der Waals surface area contributed by atoms with Crippen molar-refractivity contribution < 1.29 is 4.79 Å². The van der Waals surface area contributed by atoms with Gasteiger partial charge in [-0.2, -0.15) is 0 Å². The van der Waals surface area contributed by atoms with Crippen LogP contribution in [0.3, 0.4) is 0 Å². The number of aromatic nitrogens is 2. The fraction of sp³-hybridized carbons (Fsp3) is 0.190. The van der Waals surface area contributed by atoms with Gasteiger partial charge in [-0.1, -0.05) is 37.3 Å². The van der Waals surface area contributed by atoms with E-state index in [1.165, 1.54) is 5.56 Å². The van der Waals surface area contributed by atoms with Gasteiger partial charge in [-0.05, 0) is 41.3 Å². The average Bonchev–Trinajstić information content (AvgIpc) is 2.69. The minimum absolute atomic E-state index is 0.0310. The Kier molecular flexibility index (Phi) is 5.52. The lowest BCUT2D eigenvalue weighted by atomic mass is 10.1. The normalized spacial score (nSPS) is 10.4. The summed E-state index contributed by atoms with van der Waals surface area (Å²) in [7, 11) is 0. The quantitative estimate of drug-likeness (QED) is 0.688. The standard InChI is InChI=1S/C21H21N3O/c1-2-17-7-9-18(10-8-17)15-24(16-19-5-3-11-22-13-19)21(25)20-6-4-12-23-14-20/h3-14H,2,15-16H2,1H3. The summed E-state index contributed by atoms with van der Waals surface area (Å²) >= 11 is 0.